The molecule has 0 radical (unpaired) electrons. The second kappa shape index (κ2) is 5.63. The summed E-state index contributed by atoms with van der Waals surface area (Å²) in [5.74, 6) is -0.630. The first kappa shape index (κ1) is 16.0. The third kappa shape index (κ3) is 2.97. The van der Waals surface area contributed by atoms with E-state index in [1.807, 2.05) is 6.92 Å². The van der Waals surface area contributed by atoms with Crippen LogP contribution in [0, 0.1) is 12.7 Å². The molecule has 1 N–H and O–H groups in total. The fourth-order valence-electron chi connectivity index (χ4n) is 3.11. The maximum absolute atomic E-state index is 13.9. The lowest BCUT2D eigenvalue weighted by Crippen LogP contribution is -2.41. The highest BCUT2D eigenvalue weighted by Gasteiger charge is 2.30. The van der Waals surface area contributed by atoms with E-state index < -0.39 is 21.7 Å². The Morgan fingerprint density at radius 3 is 2.83 bits per heavy atom. The van der Waals surface area contributed by atoms with Gasteiger partial charge in [-0.05, 0) is 38.0 Å². The molecule has 0 bridgehead atoms. The number of nitrogens with one attached hydrogen (secondary N) is 1. The maximum atomic E-state index is 13.9. The number of benzene rings is 1. The molecule has 1 fully saturated rings. The van der Waals surface area contributed by atoms with Crippen molar-refractivity contribution in [3.8, 4) is 0 Å². The first-order chi connectivity index (χ1) is 10.8. The molecule has 0 aliphatic carbocycles. The van der Waals surface area contributed by atoms with E-state index in [0.29, 0.717) is 29.6 Å². The van der Waals surface area contributed by atoms with Gasteiger partial charge in [0.25, 0.3) is 5.91 Å². The number of carbonyl (C=O) groups is 1. The van der Waals surface area contributed by atoms with Crippen LogP contribution in [0.1, 0.15) is 29.4 Å². The van der Waals surface area contributed by atoms with Crippen LogP contribution in [0.25, 0.3) is 10.9 Å². The van der Waals surface area contributed by atoms with E-state index in [1.54, 1.807) is 24.0 Å². The Labute approximate surface area is 134 Å². The van der Waals surface area contributed by atoms with E-state index >= 15 is 0 Å². The molecule has 1 atom stereocenters. The third-order valence-electron chi connectivity index (χ3n) is 4.33. The van der Waals surface area contributed by atoms with Crippen molar-refractivity contribution in [2.45, 2.75) is 26.3 Å². The molecule has 3 rings (SSSR count). The van der Waals surface area contributed by atoms with E-state index in [1.165, 1.54) is 6.07 Å². The molecule has 7 heteroatoms. The monoisotopic (exact) mass is 338 g/mol. The molecule has 5 nitrogen and oxygen atoms in total. The van der Waals surface area contributed by atoms with Crippen molar-refractivity contribution in [1.29, 1.82) is 0 Å². The van der Waals surface area contributed by atoms with Gasteiger partial charge in [0, 0.05) is 18.0 Å². The van der Waals surface area contributed by atoms with Crippen LogP contribution in [0.2, 0.25) is 0 Å². The Bertz CT molecular complexity index is 834. The van der Waals surface area contributed by atoms with Gasteiger partial charge in [0.05, 0.1) is 17.0 Å². The number of hydrogen-bond donors (Lipinski definition) is 1. The highest BCUT2D eigenvalue weighted by molar-refractivity contribution is 7.91. The van der Waals surface area contributed by atoms with Crippen molar-refractivity contribution in [1.82, 2.24) is 9.88 Å². The molecule has 1 aliphatic rings. The van der Waals surface area contributed by atoms with Crippen LogP contribution in [0.3, 0.4) is 0 Å². The van der Waals surface area contributed by atoms with Crippen molar-refractivity contribution >= 4 is 26.6 Å². The highest BCUT2D eigenvalue weighted by Crippen LogP contribution is 2.24. The van der Waals surface area contributed by atoms with Gasteiger partial charge in [-0.1, -0.05) is 6.07 Å². The number of nitrogens with zero attached hydrogens (tertiary/aromatic N) is 1. The Kier molecular flexibility index (Phi) is 3.91. The van der Waals surface area contributed by atoms with Crippen LogP contribution >= 0.6 is 0 Å². The fourth-order valence-corrected chi connectivity index (χ4v) is 4.76. The van der Waals surface area contributed by atoms with Gasteiger partial charge in [0.1, 0.15) is 11.5 Å². The first-order valence-corrected chi connectivity index (χ1v) is 9.40. The Hall–Kier alpha value is -1.89. The average Bonchev–Trinajstić information content (AvgIpc) is 2.87. The number of rotatable bonds is 1. The molecule has 0 saturated carbocycles. The zero-order valence-electron chi connectivity index (χ0n) is 13.1. The minimum atomic E-state index is -3.12. The smallest absolute Gasteiger partial charge is 0.270 e. The number of H-pyrrole nitrogens is 1. The normalized spacial score (nSPS) is 21.3. The number of carbonyl (C=O) groups excluding carboxylic acids is 1. The minimum Gasteiger partial charge on any atom is -0.348 e. The quantitative estimate of drug-likeness (QED) is 0.867. The van der Waals surface area contributed by atoms with Crippen molar-refractivity contribution in [3.63, 3.8) is 0 Å². The number of sulfone groups is 1. The molecule has 1 aromatic carbocycles. The second-order valence-electron chi connectivity index (χ2n) is 6.15. The standard InChI is InChI=1S/C16H19FN2O3S/c1-10-4-5-13(17)15-12(10)8-14(18-15)16(20)19-6-3-7-23(21,22)9-11(19)2/h4-5,8,11,18H,3,6-7,9H2,1-2H3. The molecule has 1 aliphatic heterocycles. The van der Waals surface area contributed by atoms with E-state index in [-0.39, 0.29) is 17.4 Å². The Morgan fingerprint density at radius 1 is 1.39 bits per heavy atom. The Morgan fingerprint density at radius 2 is 2.13 bits per heavy atom. The number of amides is 1. The summed E-state index contributed by atoms with van der Waals surface area (Å²) in [7, 11) is -3.12. The Balaban J connectivity index is 1.97. The number of aromatic amines is 1. The summed E-state index contributed by atoms with van der Waals surface area (Å²) in [4.78, 5) is 17.1. The topological polar surface area (TPSA) is 70.2 Å². The number of aryl methyl sites for hydroxylation is 1. The summed E-state index contributed by atoms with van der Waals surface area (Å²) in [5.41, 5.74) is 1.48. The SMILES string of the molecule is Cc1ccc(F)c2[nH]c(C(=O)N3CCCS(=O)(=O)CC3C)cc12. The molecule has 0 spiro atoms. The van der Waals surface area contributed by atoms with Gasteiger partial charge in [0.15, 0.2) is 9.84 Å². The van der Waals surface area contributed by atoms with Crippen LogP contribution < -0.4 is 0 Å². The molecule has 124 valence electrons. The number of aromatic nitrogens is 1. The molecule has 1 saturated heterocycles. The van der Waals surface area contributed by atoms with Crippen molar-refractivity contribution in [3.05, 3.63) is 35.3 Å². The molecule has 1 amide bonds. The summed E-state index contributed by atoms with van der Waals surface area (Å²) < 4.78 is 37.5. The van der Waals surface area contributed by atoms with Gasteiger partial charge in [-0.15, -0.1) is 0 Å². The van der Waals surface area contributed by atoms with Crippen LogP contribution in [-0.4, -0.2) is 48.3 Å². The molecule has 1 aromatic heterocycles. The molecular weight excluding hydrogens is 319 g/mol. The van der Waals surface area contributed by atoms with Crippen molar-refractivity contribution < 1.29 is 17.6 Å². The van der Waals surface area contributed by atoms with Gasteiger partial charge in [-0.2, -0.15) is 0 Å². The van der Waals surface area contributed by atoms with E-state index in [0.717, 1.165) is 5.56 Å². The first-order valence-electron chi connectivity index (χ1n) is 7.58. The summed E-state index contributed by atoms with van der Waals surface area (Å²) in [6.07, 6.45) is 0.423. The number of fused-ring (bicyclic) bond motifs is 1. The van der Waals surface area contributed by atoms with Crippen molar-refractivity contribution in [2.24, 2.45) is 0 Å². The predicted octanol–water partition coefficient (Wildman–Crippen LogP) is 2.26. The van der Waals surface area contributed by atoms with Gasteiger partial charge in [-0.25, -0.2) is 12.8 Å². The van der Waals surface area contributed by atoms with E-state index in [4.69, 9.17) is 0 Å². The van der Waals surface area contributed by atoms with Gasteiger partial charge < -0.3 is 9.88 Å². The van der Waals surface area contributed by atoms with Crippen LogP contribution in [0.5, 0.6) is 0 Å². The zero-order chi connectivity index (χ0) is 16.8. The molecule has 2 heterocycles. The van der Waals surface area contributed by atoms with Crippen LogP contribution in [-0.2, 0) is 9.84 Å². The molecule has 1 unspecified atom stereocenters. The lowest BCUT2D eigenvalue weighted by atomic mass is 10.1. The summed E-state index contributed by atoms with van der Waals surface area (Å²) >= 11 is 0. The lowest BCUT2D eigenvalue weighted by Gasteiger charge is -2.25. The van der Waals surface area contributed by atoms with Crippen molar-refractivity contribution in [2.75, 3.05) is 18.1 Å². The van der Waals surface area contributed by atoms with Gasteiger partial charge >= 0.3 is 0 Å². The van der Waals surface area contributed by atoms with E-state index in [2.05, 4.69) is 4.98 Å². The number of hydrogen-bond acceptors (Lipinski definition) is 3. The van der Waals surface area contributed by atoms with Gasteiger partial charge in [0.2, 0.25) is 0 Å². The summed E-state index contributed by atoms with van der Waals surface area (Å²) in [6.45, 7) is 3.97. The fraction of sp³-hybridized carbons (Fsp3) is 0.438. The molecule has 2 aromatic rings. The van der Waals surface area contributed by atoms with Crippen LogP contribution in [0.15, 0.2) is 18.2 Å². The predicted molar refractivity (Wildman–Crippen MR) is 86.8 cm³/mol. The van der Waals surface area contributed by atoms with Gasteiger partial charge in [-0.3, -0.25) is 4.79 Å². The highest BCUT2D eigenvalue weighted by atomic mass is 32.2. The minimum absolute atomic E-state index is 0.0354. The van der Waals surface area contributed by atoms with E-state index in [9.17, 15) is 17.6 Å². The lowest BCUT2D eigenvalue weighted by molar-refractivity contribution is 0.0707. The maximum Gasteiger partial charge on any atom is 0.270 e. The van der Waals surface area contributed by atoms with Crippen LogP contribution in [0.4, 0.5) is 4.39 Å². The average molecular weight is 338 g/mol. The largest absolute Gasteiger partial charge is 0.348 e. The second-order valence-corrected chi connectivity index (χ2v) is 8.38. The summed E-state index contributed by atoms with van der Waals surface area (Å²) in [6, 6.07) is 4.28. The molecule has 23 heavy (non-hydrogen) atoms. The third-order valence-corrected chi connectivity index (χ3v) is 6.23. The molecular formula is C16H19FN2O3S. The zero-order valence-corrected chi connectivity index (χ0v) is 13.9. The summed E-state index contributed by atoms with van der Waals surface area (Å²) in [5, 5.41) is 0.670. The number of halogens is 1.